The summed E-state index contributed by atoms with van der Waals surface area (Å²) in [6.07, 6.45) is 3.35. The lowest BCUT2D eigenvalue weighted by Gasteiger charge is -2.13. The molecule has 5 aromatic rings. The van der Waals surface area contributed by atoms with Crippen molar-refractivity contribution in [2.45, 2.75) is 0 Å². The Morgan fingerprint density at radius 3 is 2.42 bits per heavy atom. The number of rotatable bonds is 4. The molecule has 0 amide bonds. The zero-order valence-corrected chi connectivity index (χ0v) is 17.2. The van der Waals surface area contributed by atoms with Crippen LogP contribution in [0.25, 0.3) is 39.3 Å². The van der Waals surface area contributed by atoms with Crippen LogP contribution in [0, 0.1) is 0 Å². The fourth-order valence-electron chi connectivity index (χ4n) is 3.63. The highest BCUT2D eigenvalue weighted by molar-refractivity contribution is 6.38. The van der Waals surface area contributed by atoms with Gasteiger partial charge in [0.25, 0.3) is 0 Å². The van der Waals surface area contributed by atoms with Crippen molar-refractivity contribution in [1.29, 1.82) is 0 Å². The first-order valence-electron chi connectivity index (χ1n) is 9.95. The van der Waals surface area contributed by atoms with E-state index in [0.717, 1.165) is 22.9 Å². The second-order valence-corrected chi connectivity index (χ2v) is 7.39. The van der Waals surface area contributed by atoms with E-state index >= 15 is 0 Å². The predicted octanol–water partition coefficient (Wildman–Crippen LogP) is 2.91. The van der Waals surface area contributed by atoms with Gasteiger partial charge in [-0.25, -0.2) is 9.78 Å². The second-order valence-electron chi connectivity index (χ2n) is 7.39. The van der Waals surface area contributed by atoms with Crippen LogP contribution < -0.4 is 11.2 Å². The number of carbonyl (C=O) groups is 1. The molecule has 0 unspecified atom stereocenters. The Labute approximate surface area is 189 Å². The Kier molecular flexibility index (Phi) is 4.79. The van der Waals surface area contributed by atoms with E-state index in [1.165, 1.54) is 16.6 Å². The molecule has 3 aromatic heterocycles. The van der Waals surface area contributed by atoms with Crippen LogP contribution in [-0.4, -0.2) is 43.6 Å². The van der Waals surface area contributed by atoms with E-state index in [1.807, 2.05) is 42.5 Å². The van der Waals surface area contributed by atoms with Gasteiger partial charge >= 0.3 is 5.97 Å². The van der Waals surface area contributed by atoms with Crippen LogP contribution in [0.5, 0.6) is 5.75 Å². The normalized spacial score (nSPS) is 11.0. The molecule has 8 nitrogen and oxygen atoms in total. The van der Waals surface area contributed by atoms with E-state index < -0.39 is 5.97 Å². The topological polar surface area (TPSA) is 127 Å². The van der Waals surface area contributed by atoms with E-state index in [-0.39, 0.29) is 33.9 Å². The number of aromatic carboxylic acids is 1. The van der Waals surface area contributed by atoms with E-state index in [9.17, 15) is 9.90 Å². The molecule has 2 radical (unpaired) electrons. The fourth-order valence-corrected chi connectivity index (χ4v) is 3.63. The average Bonchev–Trinajstić information content (AvgIpc) is 3.26. The molecule has 0 fully saturated rings. The molecule has 5 rings (SSSR count). The number of anilines is 1. The quantitative estimate of drug-likeness (QED) is 0.372. The summed E-state index contributed by atoms with van der Waals surface area (Å²) in [6, 6.07) is 17.6. The summed E-state index contributed by atoms with van der Waals surface area (Å²) in [5.41, 5.74) is 10.5. The van der Waals surface area contributed by atoms with Crippen molar-refractivity contribution < 1.29 is 15.0 Å². The molecule has 33 heavy (non-hydrogen) atoms. The summed E-state index contributed by atoms with van der Waals surface area (Å²) in [7, 11) is 6.19. The molecule has 158 valence electrons. The molecule has 0 spiro atoms. The van der Waals surface area contributed by atoms with Gasteiger partial charge in [-0.1, -0.05) is 36.4 Å². The first-order chi connectivity index (χ1) is 15.9. The van der Waals surface area contributed by atoms with Gasteiger partial charge in [-0.15, -0.1) is 0 Å². The number of benzene rings is 2. The zero-order chi connectivity index (χ0) is 23.1. The minimum absolute atomic E-state index is 0.0570. The zero-order valence-electron chi connectivity index (χ0n) is 17.2. The minimum atomic E-state index is -1.16. The maximum Gasteiger partial charge on any atom is 0.335 e. The van der Waals surface area contributed by atoms with E-state index in [0.29, 0.717) is 11.2 Å². The SMILES string of the molecule is [B]c1c(-c2ccc(C(=O)O)cc2O)nc2c(-c3ccc(-c4ccccc4)nc3)cnn2c1N. The number of aromatic hydroxyl groups is 1. The highest BCUT2D eigenvalue weighted by Crippen LogP contribution is 2.31. The molecule has 0 bridgehead atoms. The van der Waals surface area contributed by atoms with Gasteiger partial charge < -0.3 is 15.9 Å². The number of nitrogens with two attached hydrogens (primary N) is 1. The largest absolute Gasteiger partial charge is 0.507 e. The lowest BCUT2D eigenvalue weighted by Crippen LogP contribution is -2.20. The average molecular weight is 433 g/mol. The summed E-state index contributed by atoms with van der Waals surface area (Å²) in [5, 5.41) is 23.9. The van der Waals surface area contributed by atoms with E-state index in [2.05, 4.69) is 15.1 Å². The third kappa shape index (κ3) is 3.45. The van der Waals surface area contributed by atoms with Crippen molar-refractivity contribution in [3.8, 4) is 39.4 Å². The number of hydrogen-bond acceptors (Lipinski definition) is 6. The Morgan fingerprint density at radius 1 is 0.970 bits per heavy atom. The fraction of sp³-hybridized carbons (Fsp3) is 0. The summed E-state index contributed by atoms with van der Waals surface area (Å²) in [5.74, 6) is -1.28. The van der Waals surface area contributed by atoms with Gasteiger partial charge in [0.2, 0.25) is 0 Å². The molecular formula is C24H16BN5O3. The third-order valence-electron chi connectivity index (χ3n) is 5.36. The molecule has 0 aliphatic carbocycles. The van der Waals surface area contributed by atoms with Crippen LogP contribution in [0.1, 0.15) is 10.4 Å². The monoisotopic (exact) mass is 433 g/mol. The number of phenolic OH excluding ortho intramolecular Hbond substituents is 1. The number of hydrogen-bond donors (Lipinski definition) is 3. The lowest BCUT2D eigenvalue weighted by atomic mass is 9.90. The van der Waals surface area contributed by atoms with E-state index in [4.69, 9.17) is 18.7 Å². The van der Waals surface area contributed by atoms with Crippen LogP contribution in [-0.2, 0) is 0 Å². The summed E-state index contributed by atoms with van der Waals surface area (Å²) in [6.45, 7) is 0. The lowest BCUT2D eigenvalue weighted by molar-refractivity contribution is 0.0696. The Bertz CT molecular complexity index is 1520. The molecule has 0 atom stereocenters. The number of fused-ring (bicyclic) bond motifs is 1. The molecular weight excluding hydrogens is 417 g/mol. The number of aromatic nitrogens is 4. The van der Waals surface area contributed by atoms with Crippen LogP contribution in [0.3, 0.4) is 0 Å². The summed E-state index contributed by atoms with van der Waals surface area (Å²) >= 11 is 0. The smallest absolute Gasteiger partial charge is 0.335 e. The van der Waals surface area contributed by atoms with Crippen LogP contribution in [0.15, 0.2) is 73.1 Å². The van der Waals surface area contributed by atoms with Crippen LogP contribution in [0.2, 0.25) is 0 Å². The van der Waals surface area contributed by atoms with Gasteiger partial charge in [0.05, 0.1) is 23.1 Å². The second kappa shape index (κ2) is 7.79. The van der Waals surface area contributed by atoms with Gasteiger partial charge in [-0.2, -0.15) is 9.61 Å². The number of nitrogens with zero attached hydrogens (tertiary/aromatic N) is 4. The Morgan fingerprint density at radius 2 is 1.76 bits per heavy atom. The van der Waals surface area contributed by atoms with Gasteiger partial charge in [0.1, 0.15) is 19.4 Å². The van der Waals surface area contributed by atoms with Crippen molar-refractivity contribution in [2.75, 3.05) is 5.73 Å². The predicted molar refractivity (Wildman–Crippen MR) is 126 cm³/mol. The highest BCUT2D eigenvalue weighted by atomic mass is 16.4. The van der Waals surface area contributed by atoms with Crippen LogP contribution >= 0.6 is 0 Å². The molecule has 0 saturated heterocycles. The number of pyridine rings is 1. The number of nitrogen functional groups attached to an aromatic ring is 1. The van der Waals surface area contributed by atoms with Crippen molar-refractivity contribution in [3.05, 3.63) is 78.6 Å². The first kappa shape index (κ1) is 20.3. The molecule has 0 aliphatic rings. The van der Waals surface area contributed by atoms with Gasteiger partial charge in [0.15, 0.2) is 5.65 Å². The van der Waals surface area contributed by atoms with Gasteiger partial charge in [-0.05, 0) is 29.7 Å². The first-order valence-corrected chi connectivity index (χ1v) is 9.95. The standard InChI is InChI=1S/C24H16BN5O3/c25-20-21(16-8-6-14(24(32)33)10-19(16)31)29-23-17(12-28-30(23)22(20)26)15-7-9-18(27-11-15)13-4-2-1-3-5-13/h1-12,31H,26H2,(H,32,33). The molecule has 2 aromatic carbocycles. The number of carboxylic acid groups (broad SMARTS) is 1. The van der Waals surface area contributed by atoms with Crippen molar-refractivity contribution >= 4 is 30.7 Å². The minimum Gasteiger partial charge on any atom is -0.507 e. The highest BCUT2D eigenvalue weighted by Gasteiger charge is 2.19. The molecule has 0 saturated carbocycles. The molecule has 0 aliphatic heterocycles. The third-order valence-corrected chi connectivity index (χ3v) is 5.36. The Balaban J connectivity index is 1.63. The number of phenols is 1. The van der Waals surface area contributed by atoms with Gasteiger partial charge in [0, 0.05) is 28.5 Å². The van der Waals surface area contributed by atoms with Crippen molar-refractivity contribution in [1.82, 2.24) is 19.6 Å². The van der Waals surface area contributed by atoms with Crippen molar-refractivity contribution in [3.63, 3.8) is 0 Å². The maximum absolute atomic E-state index is 11.2. The summed E-state index contributed by atoms with van der Waals surface area (Å²) < 4.78 is 1.42. The molecule has 9 heteroatoms. The molecule has 4 N–H and O–H groups in total. The van der Waals surface area contributed by atoms with Crippen LogP contribution in [0.4, 0.5) is 5.82 Å². The van der Waals surface area contributed by atoms with Gasteiger partial charge in [-0.3, -0.25) is 4.98 Å². The van der Waals surface area contributed by atoms with Crippen molar-refractivity contribution in [2.24, 2.45) is 0 Å². The maximum atomic E-state index is 11.2. The Hall–Kier alpha value is -4.66. The molecule has 3 heterocycles. The van der Waals surface area contributed by atoms with E-state index in [1.54, 1.807) is 12.4 Å². The summed E-state index contributed by atoms with van der Waals surface area (Å²) in [4.78, 5) is 20.4. The number of carboxylic acids is 1.